The number of nitrogens with two attached hydrogens (primary N) is 1. The Labute approximate surface area is 164 Å². The molecule has 1 aromatic heterocycles. The fraction of sp³-hybridized carbons (Fsp3) is 0.0556. The summed E-state index contributed by atoms with van der Waals surface area (Å²) in [4.78, 5) is 27.4. The van der Waals surface area contributed by atoms with Crippen LogP contribution in [0, 0.1) is 12.7 Å². The molecule has 0 aliphatic heterocycles. The molecule has 0 unspecified atom stereocenters. The average molecular weight is 419 g/mol. The van der Waals surface area contributed by atoms with Crippen LogP contribution >= 0.6 is 11.3 Å². The minimum atomic E-state index is -4.32. The zero-order valence-corrected chi connectivity index (χ0v) is 16.1. The number of sulfonamides is 1. The molecule has 0 saturated carbocycles. The van der Waals surface area contributed by atoms with Gasteiger partial charge in [-0.2, -0.15) is 0 Å². The Kier molecular flexibility index (Phi) is 5.25. The van der Waals surface area contributed by atoms with E-state index in [2.05, 4.69) is 4.98 Å². The average Bonchev–Trinajstić information content (AvgIpc) is 3.08. The van der Waals surface area contributed by atoms with Crippen LogP contribution in [-0.4, -0.2) is 25.2 Å². The zero-order valence-electron chi connectivity index (χ0n) is 14.5. The van der Waals surface area contributed by atoms with E-state index in [1.54, 1.807) is 12.1 Å². The number of nitrogens with one attached hydrogen (secondary N) is 1. The molecule has 3 N–H and O–H groups in total. The molecule has 3 aromatic rings. The van der Waals surface area contributed by atoms with E-state index in [1.165, 1.54) is 23.5 Å². The van der Waals surface area contributed by atoms with E-state index in [0.717, 1.165) is 34.5 Å². The molecule has 0 saturated heterocycles. The largest absolute Gasteiger partial charge is 0.366 e. The Hall–Kier alpha value is -3.11. The molecule has 0 aliphatic rings. The molecule has 0 fully saturated rings. The van der Waals surface area contributed by atoms with Crippen LogP contribution in [0.25, 0.3) is 10.6 Å². The first-order valence-corrected chi connectivity index (χ1v) is 10.2. The van der Waals surface area contributed by atoms with Crippen molar-refractivity contribution in [1.29, 1.82) is 0 Å². The molecule has 2 amide bonds. The first-order chi connectivity index (χ1) is 13.2. The number of carbonyl (C=O) groups excluding carboxylic acids is 2. The molecule has 10 heteroatoms. The molecule has 0 atom stereocenters. The number of nitrogens with zero attached hydrogens (tertiary/aromatic N) is 1. The van der Waals surface area contributed by atoms with Gasteiger partial charge in [0.1, 0.15) is 10.8 Å². The maximum Gasteiger partial charge on any atom is 0.264 e. The number of carbonyl (C=O) groups is 2. The van der Waals surface area contributed by atoms with Crippen molar-refractivity contribution in [2.75, 3.05) is 0 Å². The van der Waals surface area contributed by atoms with Gasteiger partial charge in [-0.25, -0.2) is 22.5 Å². The van der Waals surface area contributed by atoms with E-state index in [0.29, 0.717) is 0 Å². The number of amides is 2. The second kappa shape index (κ2) is 7.49. The molecule has 144 valence electrons. The van der Waals surface area contributed by atoms with Gasteiger partial charge in [-0.3, -0.25) is 9.59 Å². The lowest BCUT2D eigenvalue weighted by Crippen LogP contribution is -2.30. The topological polar surface area (TPSA) is 119 Å². The summed E-state index contributed by atoms with van der Waals surface area (Å²) in [5.74, 6) is -2.94. The highest BCUT2D eigenvalue weighted by atomic mass is 32.2. The van der Waals surface area contributed by atoms with Crippen molar-refractivity contribution < 1.29 is 22.4 Å². The number of rotatable bonds is 5. The third-order valence-corrected chi connectivity index (χ3v) is 6.09. The summed E-state index contributed by atoms with van der Waals surface area (Å²) in [6, 6.07) is 8.76. The minimum absolute atomic E-state index is 0.109. The van der Waals surface area contributed by atoms with Gasteiger partial charge in [-0.15, -0.1) is 11.3 Å². The number of hydrogen-bond donors (Lipinski definition) is 2. The second-order valence-corrected chi connectivity index (χ2v) is 8.35. The third kappa shape index (κ3) is 4.07. The molecule has 3 rings (SSSR count). The van der Waals surface area contributed by atoms with Gasteiger partial charge in [0.25, 0.3) is 21.8 Å². The van der Waals surface area contributed by atoms with E-state index in [4.69, 9.17) is 5.73 Å². The van der Waals surface area contributed by atoms with Crippen LogP contribution in [0.15, 0.2) is 52.7 Å². The fourth-order valence-electron chi connectivity index (χ4n) is 2.35. The Balaban J connectivity index is 1.82. The molecule has 0 radical (unpaired) electrons. The highest BCUT2D eigenvalue weighted by molar-refractivity contribution is 7.90. The Morgan fingerprint density at radius 2 is 1.82 bits per heavy atom. The Morgan fingerprint density at radius 1 is 1.14 bits per heavy atom. The summed E-state index contributed by atoms with van der Waals surface area (Å²) in [5.41, 5.74) is 6.21. The Morgan fingerprint density at radius 3 is 2.39 bits per heavy atom. The lowest BCUT2D eigenvalue weighted by Gasteiger charge is -2.08. The van der Waals surface area contributed by atoms with Crippen molar-refractivity contribution in [3.05, 3.63) is 70.5 Å². The number of thiazole rings is 1. The molecular weight excluding hydrogens is 405 g/mol. The summed E-state index contributed by atoms with van der Waals surface area (Å²) >= 11 is 1.45. The predicted octanol–water partition coefficient (Wildman–Crippen LogP) is 2.48. The maximum atomic E-state index is 13.5. The third-order valence-electron chi connectivity index (χ3n) is 3.75. The van der Waals surface area contributed by atoms with Gasteiger partial charge >= 0.3 is 0 Å². The van der Waals surface area contributed by atoms with Gasteiger partial charge in [-0.1, -0.05) is 12.1 Å². The molecule has 0 aliphatic carbocycles. The van der Waals surface area contributed by atoms with E-state index < -0.39 is 38.1 Å². The summed E-state index contributed by atoms with van der Waals surface area (Å²) in [7, 11) is -4.32. The standard InChI is InChI=1S/C18H14FN3O4S2/c1-10-9-27-18(21-10)12-4-2-11(3-5-12)17(24)22-28(25,26)13-6-7-15(19)14(8-13)16(20)23/h2-9H,1H3,(H2,20,23)(H,22,24). The Bertz CT molecular complexity index is 1170. The number of halogens is 1. The van der Waals surface area contributed by atoms with Crippen LogP contribution in [-0.2, 0) is 10.0 Å². The number of hydrogen-bond acceptors (Lipinski definition) is 6. The smallest absolute Gasteiger partial charge is 0.264 e. The molecule has 1 heterocycles. The van der Waals surface area contributed by atoms with Gasteiger partial charge in [0, 0.05) is 22.2 Å². The zero-order chi connectivity index (χ0) is 20.5. The van der Waals surface area contributed by atoms with Crippen molar-refractivity contribution in [2.45, 2.75) is 11.8 Å². The number of benzene rings is 2. The number of primary amides is 1. The van der Waals surface area contributed by atoms with Crippen molar-refractivity contribution in [3.63, 3.8) is 0 Å². The normalized spacial score (nSPS) is 11.2. The SMILES string of the molecule is Cc1csc(-c2ccc(C(=O)NS(=O)(=O)c3ccc(F)c(C(N)=O)c3)cc2)n1. The van der Waals surface area contributed by atoms with Crippen molar-refractivity contribution in [3.8, 4) is 10.6 Å². The second-order valence-electron chi connectivity index (χ2n) is 5.81. The molecule has 2 aromatic carbocycles. The van der Waals surface area contributed by atoms with Gasteiger partial charge < -0.3 is 5.73 Å². The quantitative estimate of drug-likeness (QED) is 0.658. The van der Waals surface area contributed by atoms with Gasteiger partial charge in [0.2, 0.25) is 0 Å². The van der Waals surface area contributed by atoms with Crippen molar-refractivity contribution >= 4 is 33.2 Å². The molecule has 0 bridgehead atoms. The van der Waals surface area contributed by atoms with Crippen LogP contribution in [0.3, 0.4) is 0 Å². The summed E-state index contributed by atoms with van der Waals surface area (Å²) < 4.78 is 40.2. The maximum absolute atomic E-state index is 13.5. The fourth-order valence-corrected chi connectivity index (χ4v) is 4.15. The van der Waals surface area contributed by atoms with Gasteiger partial charge in [-0.05, 0) is 37.3 Å². The lowest BCUT2D eigenvalue weighted by molar-refractivity contribution is 0.0978. The molecule has 0 spiro atoms. The lowest BCUT2D eigenvalue weighted by atomic mass is 10.1. The minimum Gasteiger partial charge on any atom is -0.366 e. The summed E-state index contributed by atoms with van der Waals surface area (Å²) in [6.07, 6.45) is 0. The van der Waals surface area contributed by atoms with E-state index >= 15 is 0 Å². The first kappa shape index (κ1) is 19.6. The van der Waals surface area contributed by atoms with E-state index in [9.17, 15) is 22.4 Å². The summed E-state index contributed by atoms with van der Waals surface area (Å²) in [5, 5.41) is 2.67. The van der Waals surface area contributed by atoms with Crippen LogP contribution in [0.5, 0.6) is 0 Å². The van der Waals surface area contributed by atoms with Crippen LogP contribution in [0.4, 0.5) is 4.39 Å². The van der Waals surface area contributed by atoms with Crippen LogP contribution in [0.1, 0.15) is 26.4 Å². The van der Waals surface area contributed by atoms with Crippen LogP contribution < -0.4 is 10.5 Å². The van der Waals surface area contributed by atoms with Crippen LogP contribution in [0.2, 0.25) is 0 Å². The number of aryl methyl sites for hydroxylation is 1. The highest BCUT2D eigenvalue weighted by Crippen LogP contribution is 2.24. The molecule has 28 heavy (non-hydrogen) atoms. The number of aromatic nitrogens is 1. The van der Waals surface area contributed by atoms with Crippen molar-refractivity contribution in [2.24, 2.45) is 5.73 Å². The monoisotopic (exact) mass is 419 g/mol. The molecular formula is C18H14FN3O4S2. The summed E-state index contributed by atoms with van der Waals surface area (Å²) in [6.45, 7) is 1.87. The molecule has 7 nitrogen and oxygen atoms in total. The van der Waals surface area contributed by atoms with E-state index in [1.807, 2.05) is 17.0 Å². The first-order valence-electron chi connectivity index (χ1n) is 7.86. The van der Waals surface area contributed by atoms with Gasteiger partial charge in [0.05, 0.1) is 10.5 Å². The van der Waals surface area contributed by atoms with Crippen molar-refractivity contribution in [1.82, 2.24) is 9.71 Å². The van der Waals surface area contributed by atoms with Gasteiger partial charge in [0.15, 0.2) is 0 Å². The predicted molar refractivity (Wildman–Crippen MR) is 102 cm³/mol. The highest BCUT2D eigenvalue weighted by Gasteiger charge is 2.21. The van der Waals surface area contributed by atoms with E-state index in [-0.39, 0.29) is 5.56 Å².